The smallest absolute Gasteiger partial charge is 0.281 e. The third-order valence-electron chi connectivity index (χ3n) is 3.24. The van der Waals surface area contributed by atoms with Gasteiger partial charge in [0.25, 0.3) is 11.5 Å². The molecule has 0 saturated heterocycles. The minimum atomic E-state index is -0.538. The number of para-hydroxylation sites is 1. The number of rotatable bonds is 5. The molecule has 7 nitrogen and oxygen atoms in total. The fourth-order valence-corrected chi connectivity index (χ4v) is 2.08. The van der Waals surface area contributed by atoms with E-state index in [1.54, 1.807) is 42.5 Å². The van der Waals surface area contributed by atoms with Crippen LogP contribution in [0.5, 0.6) is 5.75 Å². The van der Waals surface area contributed by atoms with E-state index in [1.165, 1.54) is 17.2 Å². The quantitative estimate of drug-likeness (QED) is 0.712. The molecule has 1 aromatic heterocycles. The maximum atomic E-state index is 12.3. The van der Waals surface area contributed by atoms with E-state index >= 15 is 0 Å². The number of benzene rings is 2. The van der Waals surface area contributed by atoms with Gasteiger partial charge in [-0.05, 0) is 42.0 Å². The molecule has 0 spiro atoms. The minimum absolute atomic E-state index is 0.175. The maximum Gasteiger partial charge on any atom is 0.281 e. The highest BCUT2D eigenvalue weighted by molar-refractivity contribution is 5.80. The molecule has 0 aliphatic carbocycles. The Kier molecular flexibility index (Phi) is 4.33. The summed E-state index contributed by atoms with van der Waals surface area (Å²) in [6.45, 7) is -0.175. The van der Waals surface area contributed by atoms with Crippen LogP contribution in [0.25, 0.3) is 10.9 Å². The Labute approximate surface area is 137 Å². The van der Waals surface area contributed by atoms with Gasteiger partial charge in [0.05, 0.1) is 17.1 Å². The zero-order valence-electron chi connectivity index (χ0n) is 12.6. The molecule has 0 bridgehead atoms. The van der Waals surface area contributed by atoms with Gasteiger partial charge < -0.3 is 10.5 Å². The molecule has 0 radical (unpaired) electrons. The number of carbonyl (C=O) groups is 1. The maximum absolute atomic E-state index is 12.3. The summed E-state index contributed by atoms with van der Waals surface area (Å²) in [5.74, 6) is -0.0145. The first-order valence-corrected chi connectivity index (χ1v) is 7.15. The van der Waals surface area contributed by atoms with Crippen molar-refractivity contribution in [3.8, 4) is 5.75 Å². The van der Waals surface area contributed by atoms with Crippen molar-refractivity contribution in [2.24, 2.45) is 10.8 Å². The zero-order valence-corrected chi connectivity index (χ0v) is 12.6. The summed E-state index contributed by atoms with van der Waals surface area (Å²) in [6, 6.07) is 14.0. The molecule has 2 aromatic carbocycles. The number of hydrogen-bond acceptors (Lipinski definition) is 5. The van der Waals surface area contributed by atoms with Crippen LogP contribution in [0.3, 0.4) is 0 Å². The molecule has 2 N–H and O–H groups in total. The molecule has 1 heterocycles. The van der Waals surface area contributed by atoms with Crippen molar-refractivity contribution < 1.29 is 9.53 Å². The second-order valence-electron chi connectivity index (χ2n) is 4.98. The van der Waals surface area contributed by atoms with E-state index in [0.717, 1.165) is 5.56 Å². The normalized spacial score (nSPS) is 11.0. The highest BCUT2D eigenvalue weighted by Gasteiger charge is 2.02. The van der Waals surface area contributed by atoms with E-state index < -0.39 is 5.91 Å². The summed E-state index contributed by atoms with van der Waals surface area (Å²) in [6.07, 6.45) is 2.92. The molecular weight excluding hydrogens is 308 g/mol. The van der Waals surface area contributed by atoms with Crippen LogP contribution in [0, 0.1) is 0 Å². The Bertz CT molecular complexity index is 961. The number of primary amides is 1. The number of aromatic nitrogens is 2. The van der Waals surface area contributed by atoms with Crippen molar-refractivity contribution in [1.82, 2.24) is 9.66 Å². The molecular formula is C17H14N4O3. The van der Waals surface area contributed by atoms with Crippen molar-refractivity contribution in [3.05, 3.63) is 70.8 Å². The van der Waals surface area contributed by atoms with E-state index in [2.05, 4.69) is 10.1 Å². The number of ether oxygens (including phenoxy) is 1. The fourth-order valence-electron chi connectivity index (χ4n) is 2.08. The lowest BCUT2D eigenvalue weighted by Gasteiger charge is -2.03. The standard InChI is InChI=1S/C17H14N4O3/c18-16(22)10-24-13-7-5-12(6-8-13)9-20-21-11-19-15-4-2-1-3-14(15)17(21)23/h1-9,11H,10H2,(H2,18,22)/b20-9-. The molecule has 24 heavy (non-hydrogen) atoms. The van der Waals surface area contributed by atoms with Crippen LogP contribution in [-0.2, 0) is 4.79 Å². The Hall–Kier alpha value is -3.48. The molecule has 0 aliphatic heterocycles. The molecule has 0 saturated carbocycles. The van der Waals surface area contributed by atoms with Crippen LogP contribution in [-0.4, -0.2) is 28.4 Å². The Morgan fingerprint density at radius 1 is 1.21 bits per heavy atom. The first kappa shape index (κ1) is 15.4. The number of nitrogens with zero attached hydrogens (tertiary/aromatic N) is 3. The summed E-state index contributed by atoms with van der Waals surface area (Å²) >= 11 is 0. The van der Waals surface area contributed by atoms with E-state index in [9.17, 15) is 9.59 Å². The lowest BCUT2D eigenvalue weighted by atomic mass is 10.2. The average molecular weight is 322 g/mol. The molecule has 1 amide bonds. The van der Waals surface area contributed by atoms with Crippen molar-refractivity contribution in [2.45, 2.75) is 0 Å². The van der Waals surface area contributed by atoms with Gasteiger partial charge in [0, 0.05) is 0 Å². The number of nitrogens with two attached hydrogens (primary N) is 1. The van der Waals surface area contributed by atoms with Crippen molar-refractivity contribution in [2.75, 3.05) is 6.61 Å². The predicted octanol–water partition coefficient (Wildman–Crippen LogP) is 1.14. The van der Waals surface area contributed by atoms with Gasteiger partial charge in [0.1, 0.15) is 12.1 Å². The van der Waals surface area contributed by atoms with Crippen LogP contribution in [0.4, 0.5) is 0 Å². The third-order valence-corrected chi connectivity index (χ3v) is 3.24. The summed E-state index contributed by atoms with van der Waals surface area (Å²) in [5, 5.41) is 4.64. The Morgan fingerprint density at radius 2 is 1.96 bits per heavy atom. The van der Waals surface area contributed by atoms with Gasteiger partial charge in [-0.15, -0.1) is 0 Å². The lowest BCUT2D eigenvalue weighted by Crippen LogP contribution is -2.19. The summed E-state index contributed by atoms with van der Waals surface area (Å²) < 4.78 is 6.35. The Balaban J connectivity index is 1.79. The SMILES string of the molecule is NC(=O)COc1ccc(/C=N\n2cnc3ccccc3c2=O)cc1. The van der Waals surface area contributed by atoms with Gasteiger partial charge >= 0.3 is 0 Å². The van der Waals surface area contributed by atoms with Crippen molar-refractivity contribution in [3.63, 3.8) is 0 Å². The Morgan fingerprint density at radius 3 is 2.71 bits per heavy atom. The topological polar surface area (TPSA) is 99.6 Å². The van der Waals surface area contributed by atoms with Gasteiger partial charge in [0.2, 0.25) is 0 Å². The van der Waals surface area contributed by atoms with Gasteiger partial charge in [-0.2, -0.15) is 9.78 Å². The number of fused-ring (bicyclic) bond motifs is 1. The van der Waals surface area contributed by atoms with Gasteiger partial charge in [-0.25, -0.2) is 4.98 Å². The third kappa shape index (κ3) is 3.46. The average Bonchev–Trinajstić information content (AvgIpc) is 2.60. The monoisotopic (exact) mass is 322 g/mol. The van der Waals surface area contributed by atoms with Crippen LogP contribution >= 0.6 is 0 Å². The van der Waals surface area contributed by atoms with Gasteiger partial charge in [0.15, 0.2) is 6.61 Å². The minimum Gasteiger partial charge on any atom is -0.484 e. The molecule has 7 heteroatoms. The second kappa shape index (κ2) is 6.74. The van der Waals surface area contributed by atoms with Crippen LogP contribution in [0.15, 0.2) is 64.8 Å². The molecule has 0 atom stereocenters. The number of carbonyl (C=O) groups excluding carboxylic acids is 1. The predicted molar refractivity (Wildman–Crippen MR) is 90.1 cm³/mol. The summed E-state index contributed by atoms with van der Waals surface area (Å²) in [4.78, 5) is 27.2. The first-order valence-electron chi connectivity index (χ1n) is 7.15. The largest absolute Gasteiger partial charge is 0.484 e. The van der Waals surface area contributed by atoms with Crippen LogP contribution in [0.2, 0.25) is 0 Å². The summed E-state index contributed by atoms with van der Waals surface area (Å²) in [5.41, 5.74) is 6.17. The second-order valence-corrected chi connectivity index (χ2v) is 4.98. The van der Waals surface area contributed by atoms with Crippen LogP contribution in [0.1, 0.15) is 5.56 Å². The van der Waals surface area contributed by atoms with Crippen molar-refractivity contribution >= 4 is 23.0 Å². The lowest BCUT2D eigenvalue weighted by molar-refractivity contribution is -0.119. The molecule has 120 valence electrons. The molecule has 0 fully saturated rings. The van der Waals surface area contributed by atoms with Gasteiger partial charge in [-0.1, -0.05) is 12.1 Å². The number of amides is 1. The molecule has 0 aliphatic rings. The van der Waals surface area contributed by atoms with Gasteiger partial charge in [-0.3, -0.25) is 9.59 Å². The zero-order chi connectivity index (χ0) is 16.9. The highest BCUT2D eigenvalue weighted by atomic mass is 16.5. The molecule has 3 rings (SSSR count). The molecule has 0 unspecified atom stereocenters. The highest BCUT2D eigenvalue weighted by Crippen LogP contribution is 2.11. The van der Waals surface area contributed by atoms with Crippen LogP contribution < -0.4 is 16.0 Å². The van der Waals surface area contributed by atoms with Crippen molar-refractivity contribution in [1.29, 1.82) is 0 Å². The molecule has 3 aromatic rings. The van der Waals surface area contributed by atoms with E-state index in [4.69, 9.17) is 10.5 Å². The van der Waals surface area contributed by atoms with E-state index in [-0.39, 0.29) is 12.2 Å². The van der Waals surface area contributed by atoms with E-state index in [0.29, 0.717) is 16.7 Å². The number of hydrogen-bond donors (Lipinski definition) is 1. The first-order chi connectivity index (χ1) is 11.6. The fraction of sp³-hybridized carbons (Fsp3) is 0.0588. The summed E-state index contributed by atoms with van der Waals surface area (Å²) in [7, 11) is 0. The van der Waals surface area contributed by atoms with E-state index in [1.807, 2.05) is 6.07 Å².